The van der Waals surface area contributed by atoms with Crippen LogP contribution in [0.15, 0.2) is 0 Å². The van der Waals surface area contributed by atoms with E-state index in [4.69, 9.17) is 9.47 Å². The lowest BCUT2D eigenvalue weighted by atomic mass is 9.96. The zero-order valence-electron chi connectivity index (χ0n) is 10.8. The van der Waals surface area contributed by atoms with Crippen LogP contribution < -0.4 is 0 Å². The van der Waals surface area contributed by atoms with Crippen LogP contribution in [0.25, 0.3) is 0 Å². The van der Waals surface area contributed by atoms with E-state index >= 15 is 0 Å². The Kier molecular flexibility index (Phi) is 5.22. The minimum atomic E-state index is -0.212. The molecular formula is C13H25NO3. The summed E-state index contributed by atoms with van der Waals surface area (Å²) in [6.07, 6.45) is 3.20. The van der Waals surface area contributed by atoms with Crippen molar-refractivity contribution in [1.29, 1.82) is 0 Å². The summed E-state index contributed by atoms with van der Waals surface area (Å²) in [6.45, 7) is 5.44. The average molecular weight is 243 g/mol. The van der Waals surface area contributed by atoms with Gasteiger partial charge in [-0.3, -0.25) is 0 Å². The lowest BCUT2D eigenvalue weighted by Crippen LogP contribution is -2.42. The Morgan fingerprint density at radius 1 is 1.35 bits per heavy atom. The van der Waals surface area contributed by atoms with Crippen LogP contribution in [0.4, 0.5) is 0 Å². The molecule has 0 aromatic carbocycles. The molecule has 0 saturated carbocycles. The fraction of sp³-hybridized carbons (Fsp3) is 1.00. The van der Waals surface area contributed by atoms with Gasteiger partial charge in [-0.2, -0.15) is 0 Å². The lowest BCUT2D eigenvalue weighted by Gasteiger charge is -2.33. The number of ether oxygens (including phenoxy) is 2. The maximum absolute atomic E-state index is 10.1. The molecule has 1 N–H and O–H groups in total. The van der Waals surface area contributed by atoms with E-state index in [0.717, 1.165) is 45.9 Å². The first-order valence-corrected chi connectivity index (χ1v) is 6.76. The molecule has 2 saturated heterocycles. The van der Waals surface area contributed by atoms with Crippen molar-refractivity contribution in [3.05, 3.63) is 0 Å². The first-order valence-electron chi connectivity index (χ1n) is 6.76. The Morgan fingerprint density at radius 2 is 2.12 bits per heavy atom. The van der Waals surface area contributed by atoms with Crippen LogP contribution >= 0.6 is 0 Å². The average Bonchev–Trinajstić information content (AvgIpc) is 2.86. The summed E-state index contributed by atoms with van der Waals surface area (Å²) in [5.74, 6) is 1.06. The van der Waals surface area contributed by atoms with Crippen LogP contribution in [0.2, 0.25) is 0 Å². The second kappa shape index (κ2) is 6.69. The van der Waals surface area contributed by atoms with Gasteiger partial charge >= 0.3 is 0 Å². The summed E-state index contributed by atoms with van der Waals surface area (Å²) in [4.78, 5) is 2.38. The number of hydrogen-bond acceptors (Lipinski definition) is 4. The van der Waals surface area contributed by atoms with E-state index in [1.54, 1.807) is 7.11 Å². The Bertz CT molecular complexity index is 211. The Labute approximate surface area is 104 Å². The van der Waals surface area contributed by atoms with Gasteiger partial charge in [-0.25, -0.2) is 0 Å². The number of nitrogens with zero attached hydrogens (tertiary/aromatic N) is 1. The number of rotatable bonds is 5. The van der Waals surface area contributed by atoms with E-state index in [2.05, 4.69) is 4.90 Å². The lowest BCUT2D eigenvalue weighted by molar-refractivity contribution is 0.0352. The minimum Gasteiger partial charge on any atom is -0.391 e. The SMILES string of the molecule is COCC1CCN(CC(O)C2CCOC2)CC1. The summed E-state index contributed by atoms with van der Waals surface area (Å²) in [6, 6.07) is 0. The van der Waals surface area contributed by atoms with E-state index in [1.807, 2.05) is 0 Å². The standard InChI is InChI=1S/C13H25NO3/c1-16-9-11-2-5-14(6-3-11)8-13(15)12-4-7-17-10-12/h11-13,15H,2-10H2,1H3. The molecule has 0 aliphatic carbocycles. The van der Waals surface area contributed by atoms with Crippen LogP contribution in [-0.2, 0) is 9.47 Å². The third-order valence-electron chi connectivity index (χ3n) is 4.06. The molecule has 4 nitrogen and oxygen atoms in total. The highest BCUT2D eigenvalue weighted by Gasteiger charge is 2.27. The van der Waals surface area contributed by atoms with Gasteiger partial charge < -0.3 is 19.5 Å². The van der Waals surface area contributed by atoms with Gasteiger partial charge in [0.05, 0.1) is 12.7 Å². The normalized spacial score (nSPS) is 29.6. The smallest absolute Gasteiger partial charge is 0.0718 e. The van der Waals surface area contributed by atoms with Gasteiger partial charge in [-0.15, -0.1) is 0 Å². The molecule has 0 aromatic rings. The molecule has 2 aliphatic rings. The zero-order chi connectivity index (χ0) is 12.1. The molecule has 0 aromatic heterocycles. The zero-order valence-corrected chi connectivity index (χ0v) is 10.8. The van der Waals surface area contributed by atoms with Crippen molar-refractivity contribution >= 4 is 0 Å². The van der Waals surface area contributed by atoms with Crippen LogP contribution in [0.3, 0.4) is 0 Å². The number of piperidine rings is 1. The van der Waals surface area contributed by atoms with Crippen molar-refractivity contribution in [3.8, 4) is 0 Å². The predicted molar refractivity (Wildman–Crippen MR) is 66.0 cm³/mol. The van der Waals surface area contributed by atoms with Crippen molar-refractivity contribution in [2.24, 2.45) is 11.8 Å². The third kappa shape index (κ3) is 3.91. The topological polar surface area (TPSA) is 41.9 Å². The minimum absolute atomic E-state index is 0.212. The van der Waals surface area contributed by atoms with Crippen molar-refractivity contribution < 1.29 is 14.6 Å². The molecule has 0 bridgehead atoms. The van der Waals surface area contributed by atoms with Crippen molar-refractivity contribution in [2.75, 3.05) is 46.6 Å². The molecule has 2 heterocycles. The van der Waals surface area contributed by atoms with Crippen LogP contribution in [0.5, 0.6) is 0 Å². The van der Waals surface area contributed by atoms with Crippen molar-refractivity contribution in [2.45, 2.75) is 25.4 Å². The number of β-amino-alcohol motifs (C(OH)–C–C–N with tert-alkyl or cyclic N) is 1. The van der Waals surface area contributed by atoms with E-state index in [-0.39, 0.29) is 6.10 Å². The predicted octanol–water partition coefficient (Wildman–Crippen LogP) is 0.742. The first kappa shape index (κ1) is 13.3. The Hall–Kier alpha value is -0.160. The summed E-state index contributed by atoms with van der Waals surface area (Å²) in [7, 11) is 1.77. The third-order valence-corrected chi connectivity index (χ3v) is 4.06. The van der Waals surface area contributed by atoms with Gasteiger partial charge in [0, 0.05) is 32.8 Å². The molecule has 17 heavy (non-hydrogen) atoms. The molecule has 2 fully saturated rings. The molecular weight excluding hydrogens is 218 g/mol. The summed E-state index contributed by atoms with van der Waals surface area (Å²) in [5.41, 5.74) is 0. The van der Waals surface area contributed by atoms with E-state index in [1.165, 1.54) is 12.8 Å². The first-order chi connectivity index (χ1) is 8.29. The summed E-state index contributed by atoms with van der Waals surface area (Å²) >= 11 is 0. The molecule has 0 radical (unpaired) electrons. The highest BCUT2D eigenvalue weighted by Crippen LogP contribution is 2.21. The fourth-order valence-electron chi connectivity index (χ4n) is 2.84. The van der Waals surface area contributed by atoms with Crippen molar-refractivity contribution in [1.82, 2.24) is 4.90 Å². The van der Waals surface area contributed by atoms with Gasteiger partial charge in [0.2, 0.25) is 0 Å². The Morgan fingerprint density at radius 3 is 2.71 bits per heavy atom. The molecule has 2 rings (SSSR count). The van der Waals surface area contributed by atoms with Gasteiger partial charge in [0.15, 0.2) is 0 Å². The van der Waals surface area contributed by atoms with Gasteiger partial charge in [-0.1, -0.05) is 0 Å². The number of aliphatic hydroxyl groups is 1. The number of methoxy groups -OCH3 is 1. The number of hydrogen-bond donors (Lipinski definition) is 1. The van der Waals surface area contributed by atoms with Gasteiger partial charge in [0.1, 0.15) is 0 Å². The highest BCUT2D eigenvalue weighted by molar-refractivity contribution is 4.79. The maximum atomic E-state index is 10.1. The molecule has 100 valence electrons. The van der Waals surface area contributed by atoms with Crippen LogP contribution in [0, 0.1) is 11.8 Å². The quantitative estimate of drug-likeness (QED) is 0.773. The molecule has 2 atom stereocenters. The highest BCUT2D eigenvalue weighted by atomic mass is 16.5. The molecule has 2 unspecified atom stereocenters. The molecule has 2 aliphatic heterocycles. The second-order valence-electron chi connectivity index (χ2n) is 5.39. The van der Waals surface area contributed by atoms with Crippen LogP contribution in [0.1, 0.15) is 19.3 Å². The Balaban J connectivity index is 1.66. The summed E-state index contributed by atoms with van der Waals surface area (Å²) < 4.78 is 10.5. The number of aliphatic hydroxyl groups excluding tert-OH is 1. The van der Waals surface area contributed by atoms with Crippen molar-refractivity contribution in [3.63, 3.8) is 0 Å². The van der Waals surface area contributed by atoms with E-state index in [9.17, 15) is 5.11 Å². The van der Waals surface area contributed by atoms with Gasteiger partial charge in [0.25, 0.3) is 0 Å². The van der Waals surface area contributed by atoms with E-state index < -0.39 is 0 Å². The largest absolute Gasteiger partial charge is 0.391 e. The van der Waals surface area contributed by atoms with E-state index in [0.29, 0.717) is 11.8 Å². The maximum Gasteiger partial charge on any atom is 0.0718 e. The second-order valence-corrected chi connectivity index (χ2v) is 5.39. The molecule has 4 heteroatoms. The molecule has 0 spiro atoms. The fourth-order valence-corrected chi connectivity index (χ4v) is 2.84. The number of likely N-dealkylation sites (tertiary alicyclic amines) is 1. The summed E-state index contributed by atoms with van der Waals surface area (Å²) in [5, 5.41) is 10.1. The van der Waals surface area contributed by atoms with Gasteiger partial charge in [-0.05, 0) is 38.3 Å². The molecule has 0 amide bonds. The van der Waals surface area contributed by atoms with Crippen LogP contribution in [-0.4, -0.2) is 62.7 Å². The monoisotopic (exact) mass is 243 g/mol.